The zero-order valence-electron chi connectivity index (χ0n) is 14.1. The van der Waals surface area contributed by atoms with Crippen LogP contribution in [0.1, 0.15) is 36.4 Å². The smallest absolute Gasteiger partial charge is 0.205 e. The molecule has 2 unspecified atom stereocenters. The number of aromatic nitrogens is 2. The molecule has 4 rings (SSSR count). The van der Waals surface area contributed by atoms with Gasteiger partial charge in [0.1, 0.15) is 5.82 Å². The maximum atomic E-state index is 10.7. The van der Waals surface area contributed by atoms with Gasteiger partial charge in [-0.1, -0.05) is 31.2 Å². The third-order valence-electron chi connectivity index (χ3n) is 5.21. The molecule has 1 saturated heterocycles. The normalized spacial score (nSPS) is 24.8. The highest BCUT2D eigenvalue weighted by Crippen LogP contribution is 2.34. The molecule has 1 fully saturated rings. The topological polar surface area (TPSA) is 52.5 Å². The number of fused-ring (bicyclic) bond motifs is 1. The Hall–Kier alpha value is -1.50. The molecule has 2 atom stereocenters. The van der Waals surface area contributed by atoms with Gasteiger partial charge in [0.15, 0.2) is 0 Å². The van der Waals surface area contributed by atoms with Gasteiger partial charge in [-0.15, -0.1) is 0 Å². The second kappa shape index (κ2) is 6.78. The van der Waals surface area contributed by atoms with Gasteiger partial charge in [-0.3, -0.25) is 4.90 Å². The van der Waals surface area contributed by atoms with Crippen LogP contribution in [-0.2, 0) is 12.8 Å². The van der Waals surface area contributed by atoms with Crippen LogP contribution in [0.2, 0.25) is 0 Å². The van der Waals surface area contributed by atoms with E-state index in [4.69, 9.17) is 0 Å². The van der Waals surface area contributed by atoms with E-state index < -0.39 is 0 Å². The molecule has 24 heavy (non-hydrogen) atoms. The van der Waals surface area contributed by atoms with Gasteiger partial charge in [-0.25, -0.2) is 4.98 Å². The predicted octanol–water partition coefficient (Wildman–Crippen LogP) is 2.27. The standard InChI is InChI=1S/C18H24N4OS/c1-2-16-19-18(24-20-16)22-9-5-8-21(10-11-22)15-12-13-6-3-4-7-14(13)17(15)23/h3-4,6-7,15,17,23H,2,5,8-12H2,1H3. The maximum Gasteiger partial charge on any atom is 0.205 e. The summed E-state index contributed by atoms with van der Waals surface area (Å²) in [5, 5.41) is 11.8. The van der Waals surface area contributed by atoms with Crippen LogP contribution in [0.15, 0.2) is 24.3 Å². The molecule has 0 saturated carbocycles. The second-order valence-corrected chi connectivity index (χ2v) is 7.37. The quantitative estimate of drug-likeness (QED) is 0.926. The van der Waals surface area contributed by atoms with Crippen LogP contribution in [-0.4, -0.2) is 51.6 Å². The highest BCUT2D eigenvalue weighted by molar-refractivity contribution is 7.09. The second-order valence-electron chi connectivity index (χ2n) is 6.64. The Morgan fingerprint density at radius 3 is 2.88 bits per heavy atom. The number of rotatable bonds is 3. The minimum absolute atomic E-state index is 0.211. The van der Waals surface area contributed by atoms with E-state index in [1.807, 2.05) is 6.07 Å². The Morgan fingerprint density at radius 2 is 2.08 bits per heavy atom. The van der Waals surface area contributed by atoms with Crippen molar-refractivity contribution in [2.75, 3.05) is 31.1 Å². The average Bonchev–Trinajstić information content (AvgIpc) is 3.13. The van der Waals surface area contributed by atoms with Crippen LogP contribution in [0, 0.1) is 0 Å². The first-order valence-corrected chi connectivity index (χ1v) is 9.61. The van der Waals surface area contributed by atoms with E-state index in [0.29, 0.717) is 0 Å². The number of hydrogen-bond donors (Lipinski definition) is 1. The van der Waals surface area contributed by atoms with Crippen molar-refractivity contribution in [1.82, 2.24) is 14.3 Å². The Bertz CT molecular complexity index is 704. The van der Waals surface area contributed by atoms with Crippen molar-refractivity contribution in [2.45, 2.75) is 38.3 Å². The van der Waals surface area contributed by atoms with Crippen molar-refractivity contribution in [2.24, 2.45) is 0 Å². The first-order chi connectivity index (χ1) is 11.8. The zero-order valence-corrected chi connectivity index (χ0v) is 14.9. The number of nitrogens with zero attached hydrogens (tertiary/aromatic N) is 4. The first-order valence-electron chi connectivity index (χ1n) is 8.83. The summed E-state index contributed by atoms with van der Waals surface area (Å²) >= 11 is 1.51. The fourth-order valence-corrected chi connectivity index (χ4v) is 4.66. The molecule has 0 radical (unpaired) electrons. The van der Waals surface area contributed by atoms with Gasteiger partial charge in [-0.2, -0.15) is 4.37 Å². The molecule has 6 heteroatoms. The van der Waals surface area contributed by atoms with E-state index in [-0.39, 0.29) is 12.1 Å². The Morgan fingerprint density at radius 1 is 1.21 bits per heavy atom. The molecule has 5 nitrogen and oxygen atoms in total. The van der Waals surface area contributed by atoms with Crippen molar-refractivity contribution in [3.63, 3.8) is 0 Å². The third-order valence-corrected chi connectivity index (χ3v) is 6.03. The van der Waals surface area contributed by atoms with Gasteiger partial charge in [0.25, 0.3) is 0 Å². The van der Waals surface area contributed by atoms with Crippen LogP contribution in [0.3, 0.4) is 0 Å². The summed E-state index contributed by atoms with van der Waals surface area (Å²) in [5.41, 5.74) is 2.41. The first kappa shape index (κ1) is 16.0. The monoisotopic (exact) mass is 344 g/mol. The Balaban J connectivity index is 1.44. The van der Waals surface area contributed by atoms with Crippen molar-refractivity contribution in [3.8, 4) is 0 Å². The molecule has 1 aromatic carbocycles. The van der Waals surface area contributed by atoms with E-state index in [1.165, 1.54) is 17.1 Å². The molecule has 1 aliphatic heterocycles. The lowest BCUT2D eigenvalue weighted by molar-refractivity contribution is 0.0647. The molecule has 0 amide bonds. The van der Waals surface area contributed by atoms with Gasteiger partial charge in [0, 0.05) is 50.2 Å². The fourth-order valence-electron chi connectivity index (χ4n) is 3.86. The maximum absolute atomic E-state index is 10.7. The lowest BCUT2D eigenvalue weighted by atomic mass is 10.1. The van der Waals surface area contributed by atoms with Gasteiger partial charge in [0.05, 0.1) is 6.10 Å². The van der Waals surface area contributed by atoms with Crippen LogP contribution >= 0.6 is 11.5 Å². The third kappa shape index (κ3) is 2.94. The molecule has 1 N–H and O–H groups in total. The van der Waals surface area contributed by atoms with E-state index >= 15 is 0 Å². The van der Waals surface area contributed by atoms with Crippen molar-refractivity contribution >= 4 is 16.7 Å². The van der Waals surface area contributed by atoms with Crippen molar-refractivity contribution in [3.05, 3.63) is 41.2 Å². The molecule has 2 aliphatic rings. The number of anilines is 1. The SMILES string of the molecule is CCc1nsc(N2CCCN(C3Cc4ccccc4C3O)CC2)n1. The Labute approximate surface area is 147 Å². The molecule has 1 aromatic heterocycles. The van der Waals surface area contributed by atoms with Crippen LogP contribution < -0.4 is 4.90 Å². The van der Waals surface area contributed by atoms with Crippen LogP contribution in [0.5, 0.6) is 0 Å². The Kier molecular flexibility index (Phi) is 4.52. The molecule has 1 aliphatic carbocycles. The minimum Gasteiger partial charge on any atom is -0.387 e. The van der Waals surface area contributed by atoms with Gasteiger partial charge < -0.3 is 10.0 Å². The molecule has 128 valence electrons. The summed E-state index contributed by atoms with van der Waals surface area (Å²) in [6.45, 7) is 6.07. The summed E-state index contributed by atoms with van der Waals surface area (Å²) in [6.07, 6.45) is 2.58. The fraction of sp³-hybridized carbons (Fsp3) is 0.556. The lowest BCUT2D eigenvalue weighted by Gasteiger charge is -2.30. The minimum atomic E-state index is -0.360. The number of aliphatic hydroxyl groups is 1. The summed E-state index contributed by atoms with van der Waals surface area (Å²) in [5.74, 6) is 0.942. The molecule has 0 spiro atoms. The van der Waals surface area contributed by atoms with Gasteiger partial charge >= 0.3 is 0 Å². The predicted molar refractivity (Wildman–Crippen MR) is 96.6 cm³/mol. The highest BCUT2D eigenvalue weighted by atomic mass is 32.1. The van der Waals surface area contributed by atoms with Gasteiger partial charge in [0.2, 0.25) is 5.13 Å². The van der Waals surface area contributed by atoms with E-state index in [9.17, 15) is 5.11 Å². The molecule has 2 heterocycles. The lowest BCUT2D eigenvalue weighted by Crippen LogP contribution is -2.40. The molecular weight excluding hydrogens is 320 g/mol. The number of hydrogen-bond acceptors (Lipinski definition) is 6. The van der Waals surface area contributed by atoms with Crippen LogP contribution in [0.25, 0.3) is 0 Å². The largest absolute Gasteiger partial charge is 0.387 e. The summed E-state index contributed by atoms with van der Waals surface area (Å²) in [6, 6.07) is 8.52. The molecular formula is C18H24N4OS. The number of aryl methyl sites for hydroxylation is 1. The summed E-state index contributed by atoms with van der Waals surface area (Å²) in [7, 11) is 0. The van der Waals surface area contributed by atoms with Crippen molar-refractivity contribution < 1.29 is 5.11 Å². The summed E-state index contributed by atoms with van der Waals surface area (Å²) in [4.78, 5) is 9.45. The van der Waals surface area contributed by atoms with E-state index in [1.54, 1.807) is 0 Å². The van der Waals surface area contributed by atoms with Gasteiger partial charge in [-0.05, 0) is 24.0 Å². The molecule has 0 bridgehead atoms. The molecule has 2 aromatic rings. The summed E-state index contributed by atoms with van der Waals surface area (Å²) < 4.78 is 4.41. The highest BCUT2D eigenvalue weighted by Gasteiger charge is 2.35. The average molecular weight is 344 g/mol. The zero-order chi connectivity index (χ0) is 16.5. The van der Waals surface area contributed by atoms with E-state index in [0.717, 1.165) is 62.0 Å². The van der Waals surface area contributed by atoms with Crippen molar-refractivity contribution in [1.29, 1.82) is 0 Å². The number of benzene rings is 1. The number of aliphatic hydroxyl groups excluding tert-OH is 1. The van der Waals surface area contributed by atoms with E-state index in [2.05, 4.69) is 44.3 Å². The van der Waals surface area contributed by atoms with Crippen LogP contribution in [0.4, 0.5) is 5.13 Å².